The third kappa shape index (κ3) is 8.01. The molecule has 256 valence electrons. The molecule has 4 aromatic rings. The molecule has 1 amide bonds. The van der Waals surface area contributed by atoms with E-state index in [2.05, 4.69) is 15.5 Å². The van der Waals surface area contributed by atoms with Gasteiger partial charge in [-0.1, -0.05) is 61.0 Å². The number of likely N-dealkylation sites (tertiary alicyclic amines) is 1. The van der Waals surface area contributed by atoms with Crippen molar-refractivity contribution in [3.8, 4) is 11.3 Å². The lowest BCUT2D eigenvalue weighted by Gasteiger charge is -2.33. The van der Waals surface area contributed by atoms with Crippen molar-refractivity contribution < 1.29 is 31.5 Å². The van der Waals surface area contributed by atoms with Crippen LogP contribution in [0.25, 0.3) is 22.2 Å². The summed E-state index contributed by atoms with van der Waals surface area (Å²) in [5.41, 5.74) is 0.981. The summed E-state index contributed by atoms with van der Waals surface area (Å²) in [6, 6.07) is 16.5. The fourth-order valence-corrected chi connectivity index (χ4v) is 7.55. The highest BCUT2D eigenvalue weighted by atomic mass is 35.5. The first-order chi connectivity index (χ1) is 22.8. The van der Waals surface area contributed by atoms with Crippen LogP contribution >= 0.6 is 11.6 Å². The zero-order valence-electron chi connectivity index (χ0n) is 26.6. The van der Waals surface area contributed by atoms with Gasteiger partial charge in [-0.25, -0.2) is 13.4 Å². The summed E-state index contributed by atoms with van der Waals surface area (Å²) in [6.07, 6.45) is -3.11. The van der Waals surface area contributed by atoms with Crippen LogP contribution in [-0.4, -0.2) is 67.4 Å². The fourth-order valence-electron chi connectivity index (χ4n) is 6.07. The van der Waals surface area contributed by atoms with Gasteiger partial charge in [0.1, 0.15) is 0 Å². The number of hydrogen-bond acceptors (Lipinski definition) is 7. The maximum atomic E-state index is 14.4. The minimum absolute atomic E-state index is 0.0168. The average Bonchev–Trinajstić information content (AvgIpc) is 3.07. The number of aromatic nitrogens is 1. The van der Waals surface area contributed by atoms with Crippen molar-refractivity contribution in [2.24, 2.45) is 0 Å². The molecule has 8 nitrogen and oxygen atoms in total. The number of sulfone groups is 1. The SMILES string of the molecule is CCS(=O)(=O)c1cc2c(C(=O)NC(C)c3ccccc3)c(CN3CCC(NCCO)CC3)c(-c3cccc(C(F)(F)F)c3)nc2cc1Cl. The number of amides is 1. The summed E-state index contributed by atoms with van der Waals surface area (Å²) in [5.74, 6) is -0.754. The molecule has 1 aromatic heterocycles. The van der Waals surface area contributed by atoms with E-state index in [1.54, 1.807) is 0 Å². The van der Waals surface area contributed by atoms with Crippen molar-refractivity contribution in [3.63, 3.8) is 0 Å². The zero-order valence-corrected chi connectivity index (χ0v) is 28.2. The first-order valence-corrected chi connectivity index (χ1v) is 17.8. The van der Waals surface area contributed by atoms with Crippen LogP contribution in [0.1, 0.15) is 59.8 Å². The van der Waals surface area contributed by atoms with Gasteiger partial charge in [0.25, 0.3) is 5.91 Å². The Morgan fingerprint density at radius 3 is 2.44 bits per heavy atom. The third-order valence-electron chi connectivity index (χ3n) is 8.71. The molecule has 0 saturated carbocycles. The van der Waals surface area contributed by atoms with Crippen LogP contribution in [0.2, 0.25) is 5.02 Å². The quantitative estimate of drug-likeness (QED) is 0.166. The number of carbonyl (C=O) groups is 1. The normalized spacial score (nSPS) is 15.5. The summed E-state index contributed by atoms with van der Waals surface area (Å²) in [6.45, 7) is 5.18. The standard InChI is InChI=1S/C35H38ClF3N4O4S/c1-3-48(46,47)31-19-27-30(20-29(31)36)42-33(24-10-7-11-25(18-24)35(37,38)39)28(21-43-15-12-26(13-16-43)40-14-17-44)32(27)34(45)41-22(2)23-8-5-4-6-9-23/h4-11,18-20,22,26,40,44H,3,12-17,21H2,1-2H3,(H,41,45). The van der Waals surface area contributed by atoms with Crippen molar-refractivity contribution in [3.05, 3.63) is 94.0 Å². The average molecular weight is 703 g/mol. The number of alkyl halides is 3. The van der Waals surface area contributed by atoms with Gasteiger partial charge in [-0.15, -0.1) is 0 Å². The van der Waals surface area contributed by atoms with E-state index in [4.69, 9.17) is 16.6 Å². The van der Waals surface area contributed by atoms with Crippen LogP contribution < -0.4 is 10.6 Å². The molecule has 3 N–H and O–H groups in total. The topological polar surface area (TPSA) is 112 Å². The minimum Gasteiger partial charge on any atom is -0.395 e. The Morgan fingerprint density at radius 2 is 1.79 bits per heavy atom. The summed E-state index contributed by atoms with van der Waals surface area (Å²) in [7, 11) is -3.82. The lowest BCUT2D eigenvalue weighted by atomic mass is 9.93. The highest BCUT2D eigenvalue weighted by Crippen LogP contribution is 2.38. The number of aliphatic hydroxyl groups excluding tert-OH is 1. The van der Waals surface area contributed by atoms with Crippen LogP contribution in [0.5, 0.6) is 0 Å². The number of halogens is 4. The van der Waals surface area contributed by atoms with Crippen LogP contribution in [0.15, 0.2) is 71.6 Å². The molecule has 2 heterocycles. The van der Waals surface area contributed by atoms with E-state index >= 15 is 0 Å². The molecule has 1 atom stereocenters. The number of rotatable bonds is 11. The van der Waals surface area contributed by atoms with Gasteiger partial charge in [0.15, 0.2) is 9.84 Å². The minimum atomic E-state index is -4.62. The molecule has 0 radical (unpaired) electrons. The molecular formula is C35H38ClF3N4O4S. The van der Waals surface area contributed by atoms with Crippen molar-refractivity contribution >= 4 is 38.2 Å². The molecule has 1 unspecified atom stereocenters. The van der Waals surface area contributed by atoms with Gasteiger partial charge in [0, 0.05) is 35.6 Å². The highest BCUT2D eigenvalue weighted by molar-refractivity contribution is 7.91. The third-order valence-corrected chi connectivity index (χ3v) is 10.9. The Labute approximate surface area is 283 Å². The number of hydrogen-bond donors (Lipinski definition) is 3. The van der Waals surface area contributed by atoms with Crippen LogP contribution in [-0.2, 0) is 22.6 Å². The Bertz CT molecular complexity index is 1880. The number of aliphatic hydroxyl groups is 1. The molecular weight excluding hydrogens is 665 g/mol. The van der Waals surface area contributed by atoms with E-state index in [9.17, 15) is 31.5 Å². The molecule has 1 fully saturated rings. The lowest BCUT2D eigenvalue weighted by Crippen LogP contribution is -2.43. The van der Waals surface area contributed by atoms with Crippen LogP contribution in [0.3, 0.4) is 0 Å². The first kappa shape index (κ1) is 35.7. The van der Waals surface area contributed by atoms with E-state index in [0.717, 1.165) is 30.5 Å². The van der Waals surface area contributed by atoms with E-state index in [1.807, 2.05) is 37.3 Å². The molecule has 0 spiro atoms. The first-order valence-electron chi connectivity index (χ1n) is 15.8. The fraction of sp³-hybridized carbons (Fsp3) is 0.371. The smallest absolute Gasteiger partial charge is 0.395 e. The van der Waals surface area contributed by atoms with E-state index in [0.29, 0.717) is 25.2 Å². The van der Waals surface area contributed by atoms with Crippen molar-refractivity contribution in [1.29, 1.82) is 0 Å². The number of nitrogens with one attached hydrogen (secondary N) is 2. The Hall–Kier alpha value is -3.55. The molecule has 0 aliphatic carbocycles. The van der Waals surface area contributed by atoms with Crippen molar-refractivity contribution in [1.82, 2.24) is 20.5 Å². The molecule has 3 aromatic carbocycles. The second kappa shape index (κ2) is 14.9. The van der Waals surface area contributed by atoms with E-state index in [1.165, 1.54) is 31.2 Å². The van der Waals surface area contributed by atoms with Crippen molar-refractivity contribution in [2.45, 2.75) is 56.4 Å². The van der Waals surface area contributed by atoms with Gasteiger partial charge in [-0.05, 0) is 62.7 Å². The van der Waals surface area contributed by atoms with Gasteiger partial charge in [0.2, 0.25) is 0 Å². The molecule has 1 saturated heterocycles. The number of benzene rings is 3. The summed E-state index contributed by atoms with van der Waals surface area (Å²) in [5, 5.41) is 15.7. The monoisotopic (exact) mass is 702 g/mol. The van der Waals surface area contributed by atoms with E-state index in [-0.39, 0.29) is 62.6 Å². The molecule has 1 aliphatic rings. The van der Waals surface area contributed by atoms with Crippen molar-refractivity contribution in [2.75, 3.05) is 32.0 Å². The van der Waals surface area contributed by atoms with Crippen LogP contribution in [0, 0.1) is 0 Å². The lowest BCUT2D eigenvalue weighted by molar-refractivity contribution is -0.137. The molecule has 48 heavy (non-hydrogen) atoms. The zero-order chi connectivity index (χ0) is 34.6. The van der Waals surface area contributed by atoms with E-state index < -0.39 is 33.5 Å². The predicted octanol–water partition coefficient (Wildman–Crippen LogP) is 6.40. The second-order valence-corrected chi connectivity index (χ2v) is 14.6. The summed E-state index contributed by atoms with van der Waals surface area (Å²) < 4.78 is 67.9. The molecule has 1 aliphatic heterocycles. The largest absolute Gasteiger partial charge is 0.416 e. The maximum absolute atomic E-state index is 14.4. The number of pyridine rings is 1. The molecule has 5 rings (SSSR count). The van der Waals surface area contributed by atoms with Gasteiger partial charge < -0.3 is 15.7 Å². The highest BCUT2D eigenvalue weighted by Gasteiger charge is 2.32. The number of carbonyl (C=O) groups excluding carboxylic acids is 1. The van der Waals surface area contributed by atoms with Gasteiger partial charge in [-0.2, -0.15) is 13.2 Å². The predicted molar refractivity (Wildman–Crippen MR) is 181 cm³/mol. The second-order valence-electron chi connectivity index (χ2n) is 11.9. The van der Waals surface area contributed by atoms with Crippen LogP contribution in [0.4, 0.5) is 13.2 Å². The van der Waals surface area contributed by atoms with Gasteiger partial charge in [0.05, 0.1) is 50.7 Å². The van der Waals surface area contributed by atoms with Gasteiger partial charge >= 0.3 is 6.18 Å². The number of piperidine rings is 1. The molecule has 0 bridgehead atoms. The summed E-state index contributed by atoms with van der Waals surface area (Å²) >= 11 is 6.49. The Kier molecular flexibility index (Phi) is 11.1. The molecule has 13 heteroatoms. The summed E-state index contributed by atoms with van der Waals surface area (Å²) in [4.78, 5) is 21.2. The number of nitrogens with zero attached hydrogens (tertiary/aromatic N) is 2. The Morgan fingerprint density at radius 1 is 1.08 bits per heavy atom. The maximum Gasteiger partial charge on any atom is 0.416 e. The number of fused-ring (bicyclic) bond motifs is 1. The Balaban J connectivity index is 1.73. The van der Waals surface area contributed by atoms with Gasteiger partial charge in [-0.3, -0.25) is 9.69 Å².